The molecular formula is C45H26N4O2. The number of fused-ring (bicyclic) bond motifs is 10. The number of hydrogen-bond acceptors (Lipinski definition) is 5. The van der Waals surface area contributed by atoms with E-state index in [-0.39, 0.29) is 17.2 Å². The number of para-hydroxylation sites is 2. The lowest BCUT2D eigenvalue weighted by Crippen LogP contribution is -2.00. The van der Waals surface area contributed by atoms with Crippen molar-refractivity contribution in [1.82, 2.24) is 19.5 Å². The maximum Gasteiger partial charge on any atom is 0.164 e. The predicted octanol–water partition coefficient (Wildman–Crippen LogP) is 11.8. The maximum absolute atomic E-state index is 8.61. The van der Waals surface area contributed by atoms with Crippen LogP contribution in [-0.4, -0.2) is 19.5 Å². The molecule has 51 heavy (non-hydrogen) atoms. The zero-order valence-electron chi connectivity index (χ0n) is 31.7. The van der Waals surface area contributed by atoms with Crippen molar-refractivity contribution < 1.29 is 15.7 Å². The molecule has 0 bridgehead atoms. The monoisotopic (exact) mass is 659 g/mol. The molecule has 0 saturated carbocycles. The standard InChI is InChI=1S/C45H26N4O2/c1-3-11-27(12-4-1)43-46-44(28-13-5-2-6-14-28)48-45(47-43)29-19-21-35-39(25-29)50-38-24-23-34-33-22-20-30(26-40(33)51-42(34)41(35)38)49-36-17-9-7-15-31(36)32-16-8-10-18-37(32)49/h1-26H/i1D,3D,4D,11D,12D. The van der Waals surface area contributed by atoms with Gasteiger partial charge in [0.2, 0.25) is 0 Å². The highest BCUT2D eigenvalue weighted by atomic mass is 16.3. The Morgan fingerprint density at radius 1 is 0.451 bits per heavy atom. The molecular weight excluding hydrogens is 629 g/mol. The van der Waals surface area contributed by atoms with E-state index in [9.17, 15) is 0 Å². The molecule has 0 radical (unpaired) electrons. The number of hydrogen-bond donors (Lipinski definition) is 0. The third-order valence-corrected chi connectivity index (χ3v) is 9.55. The molecule has 11 aromatic rings. The van der Waals surface area contributed by atoms with Gasteiger partial charge in [0.1, 0.15) is 22.3 Å². The van der Waals surface area contributed by atoms with Gasteiger partial charge < -0.3 is 13.4 Å². The SMILES string of the molecule is [2H]c1c([2H])c([2H])c(-c2nc(-c3ccccc3)nc(-c3ccc4c(c3)oc3ccc5c6ccc(-n7c8ccccc8c8ccccc87)cc6oc5c34)n2)c([2H])c1[2H]. The van der Waals surface area contributed by atoms with E-state index < -0.39 is 30.2 Å². The minimum absolute atomic E-state index is 0.0279. The molecule has 4 aromatic heterocycles. The van der Waals surface area contributed by atoms with Crippen LogP contribution in [-0.2, 0) is 0 Å². The van der Waals surface area contributed by atoms with Crippen molar-refractivity contribution in [3.05, 3.63) is 158 Å². The molecule has 6 nitrogen and oxygen atoms in total. The van der Waals surface area contributed by atoms with Gasteiger partial charge in [0.15, 0.2) is 17.5 Å². The largest absolute Gasteiger partial charge is 0.456 e. The van der Waals surface area contributed by atoms with Crippen molar-refractivity contribution in [1.29, 1.82) is 0 Å². The molecule has 0 amide bonds. The summed E-state index contributed by atoms with van der Waals surface area (Å²) in [7, 11) is 0. The van der Waals surface area contributed by atoms with Gasteiger partial charge in [-0.2, -0.15) is 0 Å². The van der Waals surface area contributed by atoms with Crippen molar-refractivity contribution in [3.8, 4) is 39.9 Å². The van der Waals surface area contributed by atoms with E-state index in [0.717, 1.165) is 49.4 Å². The first-order chi connectivity index (χ1) is 27.3. The highest BCUT2D eigenvalue weighted by Crippen LogP contribution is 2.41. The van der Waals surface area contributed by atoms with Crippen molar-refractivity contribution in [2.24, 2.45) is 0 Å². The third kappa shape index (κ3) is 4.26. The Hall–Kier alpha value is -7.05. The first-order valence-corrected chi connectivity index (χ1v) is 16.5. The summed E-state index contributed by atoms with van der Waals surface area (Å²) in [6.07, 6.45) is 0. The van der Waals surface area contributed by atoms with Gasteiger partial charge >= 0.3 is 0 Å². The van der Waals surface area contributed by atoms with Gasteiger partial charge in [0, 0.05) is 55.4 Å². The van der Waals surface area contributed by atoms with Crippen LogP contribution < -0.4 is 0 Å². The summed E-state index contributed by atoms with van der Waals surface area (Å²) in [6, 6.07) is 39.9. The molecule has 0 atom stereocenters. The van der Waals surface area contributed by atoms with Crippen LogP contribution in [0.25, 0.3) is 106 Å². The summed E-state index contributed by atoms with van der Waals surface area (Å²) < 4.78 is 57.2. The zero-order chi connectivity index (χ0) is 37.8. The summed E-state index contributed by atoms with van der Waals surface area (Å²) in [5, 5.41) is 6.05. The topological polar surface area (TPSA) is 69.9 Å². The van der Waals surface area contributed by atoms with Gasteiger partial charge in [-0.05, 0) is 48.5 Å². The average molecular weight is 660 g/mol. The van der Waals surface area contributed by atoms with Crippen LogP contribution >= 0.6 is 0 Å². The van der Waals surface area contributed by atoms with Gasteiger partial charge in [-0.3, -0.25) is 0 Å². The molecule has 0 aliphatic heterocycles. The predicted molar refractivity (Wildman–Crippen MR) is 205 cm³/mol. The van der Waals surface area contributed by atoms with Crippen molar-refractivity contribution in [3.63, 3.8) is 0 Å². The van der Waals surface area contributed by atoms with Gasteiger partial charge in [-0.1, -0.05) is 103 Å². The van der Waals surface area contributed by atoms with E-state index in [1.165, 1.54) is 10.8 Å². The molecule has 0 unspecified atom stereocenters. The fourth-order valence-corrected chi connectivity index (χ4v) is 7.26. The zero-order valence-corrected chi connectivity index (χ0v) is 26.7. The maximum atomic E-state index is 8.61. The van der Waals surface area contributed by atoms with Crippen molar-refractivity contribution in [2.75, 3.05) is 0 Å². The number of nitrogens with zero attached hydrogens (tertiary/aromatic N) is 4. The quantitative estimate of drug-likeness (QED) is 0.188. The molecule has 4 heterocycles. The van der Waals surface area contributed by atoms with Crippen molar-refractivity contribution >= 4 is 65.7 Å². The second kappa shape index (κ2) is 10.7. The number of benzene rings is 7. The third-order valence-electron chi connectivity index (χ3n) is 9.55. The van der Waals surface area contributed by atoms with Crippen LogP contribution in [0.15, 0.2) is 166 Å². The van der Waals surface area contributed by atoms with Gasteiger partial charge in [-0.25, -0.2) is 15.0 Å². The van der Waals surface area contributed by atoms with E-state index in [0.29, 0.717) is 28.1 Å². The first kappa shape index (κ1) is 23.3. The summed E-state index contributed by atoms with van der Waals surface area (Å²) in [6.45, 7) is 0. The number of furan rings is 2. The van der Waals surface area contributed by atoms with Crippen LogP contribution in [0.4, 0.5) is 0 Å². The summed E-state index contributed by atoms with van der Waals surface area (Å²) in [5.74, 6) is 0.528. The van der Waals surface area contributed by atoms with E-state index in [2.05, 4.69) is 81.3 Å². The minimum atomic E-state index is -0.487. The Bertz CT molecular complexity index is 3360. The van der Waals surface area contributed by atoms with Gasteiger partial charge in [-0.15, -0.1) is 0 Å². The van der Waals surface area contributed by atoms with Crippen LogP contribution in [0.1, 0.15) is 6.85 Å². The Kier molecular flexibility index (Phi) is 4.91. The average Bonchev–Trinajstić information content (AvgIpc) is 3.91. The lowest BCUT2D eigenvalue weighted by Gasteiger charge is -2.08. The molecule has 0 aliphatic rings. The molecule has 11 rings (SSSR count). The van der Waals surface area contributed by atoms with E-state index >= 15 is 0 Å². The molecule has 6 heteroatoms. The molecule has 0 aliphatic carbocycles. The van der Waals surface area contributed by atoms with Crippen LogP contribution in [0.2, 0.25) is 0 Å². The fourth-order valence-electron chi connectivity index (χ4n) is 7.26. The summed E-state index contributed by atoms with van der Waals surface area (Å²) in [4.78, 5) is 14.1. The van der Waals surface area contributed by atoms with Crippen LogP contribution in [0.5, 0.6) is 0 Å². The van der Waals surface area contributed by atoms with Crippen molar-refractivity contribution in [2.45, 2.75) is 0 Å². The fraction of sp³-hybridized carbons (Fsp3) is 0. The van der Waals surface area contributed by atoms with Gasteiger partial charge in [0.25, 0.3) is 0 Å². The molecule has 0 saturated heterocycles. The lowest BCUT2D eigenvalue weighted by atomic mass is 10.1. The minimum Gasteiger partial charge on any atom is -0.456 e. The number of aromatic nitrogens is 4. The lowest BCUT2D eigenvalue weighted by molar-refractivity contribution is 0.662. The van der Waals surface area contributed by atoms with Gasteiger partial charge in [0.05, 0.1) is 23.3 Å². The molecule has 7 aromatic carbocycles. The molecule has 0 spiro atoms. The summed E-state index contributed by atoms with van der Waals surface area (Å²) >= 11 is 0. The molecule has 0 N–H and O–H groups in total. The highest BCUT2D eigenvalue weighted by molar-refractivity contribution is 6.22. The van der Waals surface area contributed by atoms with Crippen LogP contribution in [0.3, 0.4) is 0 Å². The second-order valence-electron chi connectivity index (χ2n) is 12.5. The second-order valence-corrected chi connectivity index (χ2v) is 12.5. The Morgan fingerprint density at radius 3 is 1.84 bits per heavy atom. The smallest absolute Gasteiger partial charge is 0.164 e. The van der Waals surface area contributed by atoms with E-state index in [4.69, 9.17) is 20.7 Å². The van der Waals surface area contributed by atoms with E-state index in [1.54, 1.807) is 0 Å². The number of rotatable bonds is 4. The molecule has 0 fully saturated rings. The Morgan fingerprint density at radius 2 is 1.08 bits per heavy atom. The van der Waals surface area contributed by atoms with Crippen LogP contribution in [0, 0.1) is 0 Å². The normalized spacial score (nSPS) is 13.3. The first-order valence-electron chi connectivity index (χ1n) is 19.0. The highest BCUT2D eigenvalue weighted by Gasteiger charge is 2.19. The van der Waals surface area contributed by atoms with E-state index in [1.807, 2.05) is 60.7 Å². The Labute approximate surface area is 297 Å². The summed E-state index contributed by atoms with van der Waals surface area (Å²) in [5.41, 5.74) is 7.15. The molecule has 238 valence electrons. The Balaban J connectivity index is 1.08.